The highest BCUT2D eigenvalue weighted by molar-refractivity contribution is 7.07. The molecule has 0 aliphatic heterocycles. The summed E-state index contributed by atoms with van der Waals surface area (Å²) in [7, 11) is 0. The van der Waals surface area contributed by atoms with Crippen LogP contribution in [-0.2, 0) is 17.8 Å². The summed E-state index contributed by atoms with van der Waals surface area (Å²) in [6, 6.07) is 12.6. The molecule has 214 valence electrons. The highest BCUT2D eigenvalue weighted by Gasteiger charge is 2.14. The number of carbonyl (C=O) groups is 1. The first-order valence-corrected chi connectivity index (χ1v) is 15.3. The van der Waals surface area contributed by atoms with E-state index in [1.54, 1.807) is 23.5 Å². The molecule has 0 atom stereocenters. The molecule has 0 saturated heterocycles. The first-order chi connectivity index (χ1) is 18.7. The summed E-state index contributed by atoms with van der Waals surface area (Å²) >= 11 is 1.64. The van der Waals surface area contributed by atoms with Gasteiger partial charge in [-0.15, -0.1) is 0 Å². The molecule has 2 aromatic carbocycles. The quantitative estimate of drug-likeness (QED) is 0.143. The van der Waals surface area contributed by atoms with Gasteiger partial charge in [0.05, 0.1) is 18.4 Å². The van der Waals surface area contributed by atoms with Crippen molar-refractivity contribution in [3.8, 4) is 5.75 Å². The fraction of sp³-hybridized carbons (Fsp3) is 0.500. The molecule has 0 bridgehead atoms. The molecular weight excluding hydrogens is 575 g/mol. The average Bonchev–Trinajstić information content (AvgIpc) is 3.41. The molecule has 3 aromatic rings. The number of nitrogens with zero attached hydrogens (tertiary/aromatic N) is 1. The summed E-state index contributed by atoms with van der Waals surface area (Å²) in [6.07, 6.45) is 17.3. The van der Waals surface area contributed by atoms with Gasteiger partial charge in [0.25, 0.3) is 0 Å². The Hall–Kier alpha value is -2.25. The van der Waals surface area contributed by atoms with Gasteiger partial charge in [-0.3, -0.25) is 4.79 Å². The molecule has 0 saturated carbocycles. The van der Waals surface area contributed by atoms with Gasteiger partial charge >= 0.3 is 0 Å². The Balaban J connectivity index is 0.00000533. The van der Waals surface area contributed by atoms with Gasteiger partial charge in [0.15, 0.2) is 24.3 Å². The molecule has 0 unspecified atom stereocenters. The van der Waals surface area contributed by atoms with Crippen LogP contribution in [0.3, 0.4) is 0 Å². The summed E-state index contributed by atoms with van der Waals surface area (Å²) in [5.41, 5.74) is 4.46. The van der Waals surface area contributed by atoms with Crippen LogP contribution in [0.5, 0.6) is 5.75 Å². The first kappa shape index (κ1) is 33.0. The number of amides is 1. The molecule has 1 aromatic heterocycles. The number of rotatable bonds is 19. The molecule has 7 heteroatoms. The van der Waals surface area contributed by atoms with E-state index in [1.165, 1.54) is 70.3 Å². The fourth-order valence-corrected chi connectivity index (χ4v) is 5.26. The normalized spacial score (nSPS) is 10.7. The SMILES string of the molecule is CCCCCCCCCCCCCCOc1c(F)cccc1CC(=O)Nc1cccc(C[n+]2ccsc2)c1.[Br-]. The topological polar surface area (TPSA) is 42.2 Å². The van der Waals surface area contributed by atoms with Crippen LogP contribution in [0, 0.1) is 5.82 Å². The Labute approximate surface area is 248 Å². The zero-order chi connectivity index (χ0) is 26.8. The lowest BCUT2D eigenvalue weighted by Gasteiger charge is -2.13. The van der Waals surface area contributed by atoms with E-state index in [0.29, 0.717) is 12.2 Å². The number of anilines is 1. The molecule has 1 heterocycles. The Morgan fingerprint density at radius 1 is 0.923 bits per heavy atom. The zero-order valence-corrected chi connectivity index (χ0v) is 25.7. The van der Waals surface area contributed by atoms with Gasteiger partial charge in [0.1, 0.15) is 0 Å². The summed E-state index contributed by atoms with van der Waals surface area (Å²) < 4.78 is 22.5. The van der Waals surface area contributed by atoms with Crippen molar-refractivity contribution in [3.63, 3.8) is 0 Å². The maximum absolute atomic E-state index is 14.5. The number of halogens is 2. The van der Waals surface area contributed by atoms with Gasteiger partial charge in [-0.05, 0) is 24.6 Å². The lowest BCUT2D eigenvalue weighted by molar-refractivity contribution is -0.683. The third kappa shape index (κ3) is 13.1. The van der Waals surface area contributed by atoms with Crippen molar-refractivity contribution in [1.29, 1.82) is 0 Å². The number of nitrogens with one attached hydrogen (secondary N) is 1. The van der Waals surface area contributed by atoms with Crippen molar-refractivity contribution < 1.29 is 35.5 Å². The van der Waals surface area contributed by atoms with E-state index in [-0.39, 0.29) is 35.1 Å². The molecule has 39 heavy (non-hydrogen) atoms. The highest BCUT2D eigenvalue weighted by Crippen LogP contribution is 2.24. The fourth-order valence-electron chi connectivity index (χ4n) is 4.66. The summed E-state index contributed by atoms with van der Waals surface area (Å²) in [4.78, 5) is 12.8. The lowest BCUT2D eigenvalue weighted by atomic mass is 10.1. The van der Waals surface area contributed by atoms with Crippen LogP contribution >= 0.6 is 11.3 Å². The number of aromatic nitrogens is 1. The Morgan fingerprint density at radius 2 is 1.59 bits per heavy atom. The van der Waals surface area contributed by atoms with Crippen molar-refractivity contribution in [2.45, 2.75) is 96.9 Å². The number of para-hydroxylation sites is 1. The zero-order valence-electron chi connectivity index (χ0n) is 23.3. The molecule has 3 rings (SSSR count). The third-order valence-electron chi connectivity index (χ3n) is 6.75. The highest BCUT2D eigenvalue weighted by atomic mass is 79.9. The minimum Gasteiger partial charge on any atom is -1.00 e. The van der Waals surface area contributed by atoms with Gasteiger partial charge in [-0.2, -0.15) is 4.57 Å². The van der Waals surface area contributed by atoms with E-state index < -0.39 is 5.82 Å². The number of unbranched alkanes of at least 4 members (excludes halogenated alkanes) is 11. The lowest BCUT2D eigenvalue weighted by Crippen LogP contribution is -3.00. The van der Waals surface area contributed by atoms with Crippen LogP contribution in [0.15, 0.2) is 59.6 Å². The molecule has 1 amide bonds. The summed E-state index contributed by atoms with van der Waals surface area (Å²) in [5.74, 6) is -0.400. The minimum atomic E-state index is -0.413. The van der Waals surface area contributed by atoms with E-state index in [1.807, 2.05) is 41.4 Å². The number of ether oxygens (including phenoxy) is 1. The number of hydrogen-bond acceptors (Lipinski definition) is 3. The maximum Gasteiger partial charge on any atom is 0.228 e. The number of thiazole rings is 1. The smallest absolute Gasteiger partial charge is 0.228 e. The van der Waals surface area contributed by atoms with Crippen molar-refractivity contribution in [1.82, 2.24) is 0 Å². The third-order valence-corrected chi connectivity index (χ3v) is 7.42. The van der Waals surface area contributed by atoms with E-state index >= 15 is 0 Å². The van der Waals surface area contributed by atoms with Gasteiger partial charge in [-0.25, -0.2) is 4.39 Å². The standard InChI is InChI=1S/C32H43FN2O2S.BrH/c1-2-3-4-5-6-7-8-9-10-11-12-13-21-37-32-28(17-15-19-30(32)33)24-31(36)34-29-18-14-16-27(23-29)25-35-20-22-38-26-35;/h14-20,22-23,26H,2-13,21,24-25H2,1H3;1H. The van der Waals surface area contributed by atoms with E-state index in [4.69, 9.17) is 4.74 Å². The minimum absolute atomic E-state index is 0. The van der Waals surface area contributed by atoms with Gasteiger partial charge < -0.3 is 27.0 Å². The van der Waals surface area contributed by atoms with E-state index in [0.717, 1.165) is 30.6 Å². The first-order valence-electron chi connectivity index (χ1n) is 14.4. The molecule has 4 nitrogen and oxygen atoms in total. The van der Waals surface area contributed by atoms with Crippen molar-refractivity contribution >= 4 is 22.9 Å². The van der Waals surface area contributed by atoms with Crippen LogP contribution in [0.2, 0.25) is 0 Å². The summed E-state index contributed by atoms with van der Waals surface area (Å²) in [5, 5.41) is 4.98. The molecular formula is C32H44BrFN2O2S. The number of carbonyl (C=O) groups excluding carboxylic acids is 1. The van der Waals surface area contributed by atoms with Crippen LogP contribution in [0.25, 0.3) is 0 Å². The Kier molecular flexibility index (Phi) is 16.7. The maximum atomic E-state index is 14.5. The second-order valence-corrected chi connectivity index (χ2v) is 10.8. The predicted molar refractivity (Wildman–Crippen MR) is 155 cm³/mol. The molecule has 0 fully saturated rings. The molecule has 0 aliphatic rings. The van der Waals surface area contributed by atoms with Crippen molar-refractivity contribution in [2.75, 3.05) is 11.9 Å². The number of benzene rings is 2. The largest absolute Gasteiger partial charge is 1.00 e. The van der Waals surface area contributed by atoms with Crippen molar-refractivity contribution in [2.24, 2.45) is 0 Å². The Bertz CT molecular complexity index is 1080. The predicted octanol–water partition coefficient (Wildman–Crippen LogP) is 5.49. The van der Waals surface area contributed by atoms with Crippen LogP contribution in [0.1, 0.15) is 95.1 Å². The van der Waals surface area contributed by atoms with Gasteiger partial charge in [-0.1, -0.05) is 113 Å². The molecule has 1 N–H and O–H groups in total. The molecule has 0 spiro atoms. The van der Waals surface area contributed by atoms with Crippen LogP contribution < -0.4 is 31.6 Å². The second kappa shape index (κ2) is 19.8. The van der Waals surface area contributed by atoms with Gasteiger partial charge in [0, 0.05) is 16.8 Å². The van der Waals surface area contributed by atoms with Crippen LogP contribution in [0.4, 0.5) is 10.1 Å². The van der Waals surface area contributed by atoms with Crippen molar-refractivity contribution in [3.05, 3.63) is 76.5 Å². The second-order valence-electron chi connectivity index (χ2n) is 10.1. The summed E-state index contributed by atoms with van der Waals surface area (Å²) in [6.45, 7) is 3.47. The van der Waals surface area contributed by atoms with E-state index in [9.17, 15) is 9.18 Å². The van der Waals surface area contributed by atoms with Crippen LogP contribution in [-0.4, -0.2) is 12.5 Å². The average molecular weight is 620 g/mol. The Morgan fingerprint density at radius 3 is 2.26 bits per heavy atom. The monoisotopic (exact) mass is 618 g/mol. The molecule has 0 aliphatic carbocycles. The van der Waals surface area contributed by atoms with Gasteiger partial charge in [0.2, 0.25) is 11.4 Å². The van der Waals surface area contributed by atoms with E-state index in [2.05, 4.69) is 16.8 Å². The molecule has 0 radical (unpaired) electrons. The number of hydrogen-bond donors (Lipinski definition) is 1.